The molecule has 0 saturated heterocycles. The molecule has 2 heterocycles. The predicted octanol–water partition coefficient (Wildman–Crippen LogP) is 2.29. The van der Waals surface area contributed by atoms with E-state index in [4.69, 9.17) is 9.15 Å². The molecular formula is C14H18BrN3O3. The molecular weight excluding hydrogens is 338 g/mol. The standard InChI is InChI=1S/C14H18BrN3O3/c1-10(8-11-4-3-6-21-11)17-12-9-16-18(5-7-20-2)14(19)13(12)15/h3-4,6,9-10,17H,5,7-8H2,1-2H3. The van der Waals surface area contributed by atoms with Crippen LogP contribution in [0.15, 0.2) is 38.3 Å². The molecule has 21 heavy (non-hydrogen) atoms. The second-order valence-electron chi connectivity index (χ2n) is 4.72. The highest BCUT2D eigenvalue weighted by Crippen LogP contribution is 2.18. The van der Waals surface area contributed by atoms with Gasteiger partial charge in [-0.1, -0.05) is 0 Å². The van der Waals surface area contributed by atoms with Gasteiger partial charge in [0.15, 0.2) is 0 Å². The van der Waals surface area contributed by atoms with Gasteiger partial charge in [-0.3, -0.25) is 4.79 Å². The lowest BCUT2D eigenvalue weighted by Crippen LogP contribution is -2.27. The molecule has 114 valence electrons. The zero-order valence-electron chi connectivity index (χ0n) is 12.0. The summed E-state index contributed by atoms with van der Waals surface area (Å²) >= 11 is 3.33. The minimum Gasteiger partial charge on any atom is -0.469 e. The van der Waals surface area contributed by atoms with E-state index >= 15 is 0 Å². The van der Waals surface area contributed by atoms with Crippen molar-refractivity contribution < 1.29 is 9.15 Å². The van der Waals surface area contributed by atoms with Crippen LogP contribution >= 0.6 is 15.9 Å². The molecule has 1 N–H and O–H groups in total. The third-order valence-corrected chi connectivity index (χ3v) is 3.75. The number of aromatic nitrogens is 2. The first-order valence-corrected chi connectivity index (χ1v) is 7.44. The second kappa shape index (κ2) is 7.42. The first-order chi connectivity index (χ1) is 10.1. The first kappa shape index (κ1) is 15.8. The van der Waals surface area contributed by atoms with Gasteiger partial charge < -0.3 is 14.5 Å². The average molecular weight is 356 g/mol. The molecule has 0 amide bonds. The molecule has 0 aliphatic rings. The summed E-state index contributed by atoms with van der Waals surface area (Å²) in [7, 11) is 1.59. The molecule has 0 fully saturated rings. The summed E-state index contributed by atoms with van der Waals surface area (Å²) < 4.78 is 12.1. The first-order valence-electron chi connectivity index (χ1n) is 6.65. The molecule has 7 heteroatoms. The van der Waals surface area contributed by atoms with Gasteiger partial charge in [0.2, 0.25) is 0 Å². The molecule has 0 aliphatic carbocycles. The number of nitrogens with zero attached hydrogens (tertiary/aromatic N) is 2. The Morgan fingerprint density at radius 1 is 1.57 bits per heavy atom. The second-order valence-corrected chi connectivity index (χ2v) is 5.52. The van der Waals surface area contributed by atoms with Gasteiger partial charge in [0.05, 0.1) is 31.3 Å². The van der Waals surface area contributed by atoms with E-state index in [0.717, 1.165) is 12.2 Å². The Morgan fingerprint density at radius 3 is 3.05 bits per heavy atom. The fraction of sp³-hybridized carbons (Fsp3) is 0.429. The fourth-order valence-electron chi connectivity index (χ4n) is 1.95. The van der Waals surface area contributed by atoms with E-state index < -0.39 is 0 Å². The summed E-state index contributed by atoms with van der Waals surface area (Å²) in [5.41, 5.74) is 0.495. The van der Waals surface area contributed by atoms with Gasteiger partial charge in [-0.15, -0.1) is 0 Å². The van der Waals surface area contributed by atoms with Crippen molar-refractivity contribution in [1.82, 2.24) is 9.78 Å². The summed E-state index contributed by atoms with van der Waals surface area (Å²) in [5.74, 6) is 0.896. The van der Waals surface area contributed by atoms with Crippen LogP contribution in [0.1, 0.15) is 12.7 Å². The molecule has 2 rings (SSSR count). The number of hydrogen-bond acceptors (Lipinski definition) is 5. The van der Waals surface area contributed by atoms with Crippen LogP contribution in [-0.4, -0.2) is 29.5 Å². The van der Waals surface area contributed by atoms with Crippen LogP contribution in [-0.2, 0) is 17.7 Å². The zero-order valence-corrected chi connectivity index (χ0v) is 13.6. The van der Waals surface area contributed by atoms with Crippen LogP contribution in [0.4, 0.5) is 5.69 Å². The predicted molar refractivity (Wildman–Crippen MR) is 83.6 cm³/mol. The lowest BCUT2D eigenvalue weighted by Gasteiger charge is -2.15. The van der Waals surface area contributed by atoms with E-state index in [1.54, 1.807) is 19.6 Å². The molecule has 0 aliphatic heterocycles. The number of hydrogen-bond donors (Lipinski definition) is 1. The van der Waals surface area contributed by atoms with E-state index in [1.165, 1.54) is 4.68 Å². The minimum absolute atomic E-state index is 0.114. The van der Waals surface area contributed by atoms with Crippen molar-refractivity contribution in [3.63, 3.8) is 0 Å². The van der Waals surface area contributed by atoms with E-state index in [1.807, 2.05) is 19.1 Å². The molecule has 1 atom stereocenters. The Bertz CT molecular complexity index is 625. The van der Waals surface area contributed by atoms with Gasteiger partial charge in [0.25, 0.3) is 5.56 Å². The van der Waals surface area contributed by atoms with Gasteiger partial charge in [-0.2, -0.15) is 5.10 Å². The van der Waals surface area contributed by atoms with Crippen LogP contribution in [0.3, 0.4) is 0 Å². The van der Waals surface area contributed by atoms with Gasteiger partial charge in [-0.05, 0) is 35.0 Å². The molecule has 0 bridgehead atoms. The molecule has 2 aromatic heterocycles. The SMILES string of the molecule is COCCn1ncc(NC(C)Cc2ccco2)c(Br)c1=O. The Labute approximate surface area is 131 Å². The zero-order chi connectivity index (χ0) is 15.2. The monoisotopic (exact) mass is 355 g/mol. The van der Waals surface area contributed by atoms with Gasteiger partial charge in [0.1, 0.15) is 10.2 Å². The fourth-order valence-corrected chi connectivity index (χ4v) is 2.37. The van der Waals surface area contributed by atoms with Crippen molar-refractivity contribution in [2.45, 2.75) is 25.9 Å². The van der Waals surface area contributed by atoms with Crippen LogP contribution in [0.25, 0.3) is 0 Å². The smallest absolute Gasteiger partial charge is 0.283 e. The van der Waals surface area contributed by atoms with E-state index in [-0.39, 0.29) is 11.6 Å². The molecule has 0 saturated carbocycles. The summed E-state index contributed by atoms with van der Waals surface area (Å²) in [6.45, 7) is 2.89. The van der Waals surface area contributed by atoms with E-state index in [0.29, 0.717) is 23.3 Å². The third-order valence-electron chi connectivity index (χ3n) is 2.98. The number of anilines is 1. The van der Waals surface area contributed by atoms with Crippen LogP contribution in [0.2, 0.25) is 0 Å². The molecule has 1 unspecified atom stereocenters. The quantitative estimate of drug-likeness (QED) is 0.824. The van der Waals surface area contributed by atoms with Crippen LogP contribution in [0.5, 0.6) is 0 Å². The highest BCUT2D eigenvalue weighted by Gasteiger charge is 2.12. The average Bonchev–Trinajstić information content (AvgIpc) is 2.96. The maximum Gasteiger partial charge on any atom is 0.283 e. The van der Waals surface area contributed by atoms with Crippen molar-refractivity contribution in [3.8, 4) is 0 Å². The maximum absolute atomic E-state index is 12.1. The number of ether oxygens (including phenoxy) is 1. The molecule has 0 aromatic carbocycles. The van der Waals surface area contributed by atoms with Crippen molar-refractivity contribution in [1.29, 1.82) is 0 Å². The van der Waals surface area contributed by atoms with Crippen molar-refractivity contribution >= 4 is 21.6 Å². The molecule has 2 aromatic rings. The number of nitrogens with one attached hydrogen (secondary N) is 1. The number of halogens is 1. The topological polar surface area (TPSA) is 69.3 Å². The maximum atomic E-state index is 12.1. The van der Waals surface area contributed by atoms with Crippen molar-refractivity contribution in [2.24, 2.45) is 0 Å². The third kappa shape index (κ3) is 4.18. The van der Waals surface area contributed by atoms with Crippen LogP contribution < -0.4 is 10.9 Å². The Hall–Kier alpha value is -1.60. The van der Waals surface area contributed by atoms with Crippen LogP contribution in [0, 0.1) is 0 Å². The van der Waals surface area contributed by atoms with Crippen molar-refractivity contribution in [2.75, 3.05) is 19.0 Å². The molecule has 6 nitrogen and oxygen atoms in total. The Morgan fingerprint density at radius 2 is 2.38 bits per heavy atom. The van der Waals surface area contributed by atoms with Gasteiger partial charge in [-0.25, -0.2) is 4.68 Å². The van der Waals surface area contributed by atoms with E-state index in [9.17, 15) is 4.79 Å². The van der Waals surface area contributed by atoms with E-state index in [2.05, 4.69) is 26.3 Å². The highest BCUT2D eigenvalue weighted by molar-refractivity contribution is 9.10. The van der Waals surface area contributed by atoms with Gasteiger partial charge >= 0.3 is 0 Å². The molecule has 0 spiro atoms. The lowest BCUT2D eigenvalue weighted by atomic mass is 10.2. The Kier molecular flexibility index (Phi) is 5.58. The molecule has 0 radical (unpaired) electrons. The highest BCUT2D eigenvalue weighted by atomic mass is 79.9. The summed E-state index contributed by atoms with van der Waals surface area (Å²) in [6, 6.07) is 3.90. The number of methoxy groups -OCH3 is 1. The number of rotatable bonds is 7. The summed E-state index contributed by atoms with van der Waals surface area (Å²) in [6.07, 6.45) is 4.02. The Balaban J connectivity index is 2.06. The minimum atomic E-state index is -0.178. The largest absolute Gasteiger partial charge is 0.469 e. The number of furan rings is 1. The summed E-state index contributed by atoms with van der Waals surface area (Å²) in [4.78, 5) is 12.1. The van der Waals surface area contributed by atoms with Crippen molar-refractivity contribution in [3.05, 3.63) is 45.2 Å². The lowest BCUT2D eigenvalue weighted by molar-refractivity contribution is 0.181. The summed E-state index contributed by atoms with van der Waals surface area (Å²) in [5, 5.41) is 7.39. The van der Waals surface area contributed by atoms with Gasteiger partial charge in [0, 0.05) is 19.6 Å². The normalized spacial score (nSPS) is 12.3.